The van der Waals surface area contributed by atoms with Crippen LogP contribution < -0.4 is 10.1 Å². The molecule has 0 aromatic heterocycles. The van der Waals surface area contributed by atoms with Crippen molar-refractivity contribution in [1.82, 2.24) is 5.32 Å². The van der Waals surface area contributed by atoms with Crippen LogP contribution in [-0.4, -0.2) is 25.2 Å². The average molecular weight is 275 g/mol. The first-order valence-electron chi connectivity index (χ1n) is 5.94. The highest BCUT2D eigenvalue weighted by molar-refractivity contribution is 5.98. The molecule has 0 spiro atoms. The Morgan fingerprint density at radius 1 is 1.42 bits per heavy atom. The van der Waals surface area contributed by atoms with Crippen molar-refractivity contribution >= 4 is 5.78 Å². The second-order valence-electron chi connectivity index (χ2n) is 4.15. The van der Waals surface area contributed by atoms with Crippen molar-refractivity contribution in [2.45, 2.75) is 20.2 Å². The minimum atomic E-state index is -4.75. The second-order valence-corrected chi connectivity index (χ2v) is 4.15. The number of rotatable bonds is 6. The van der Waals surface area contributed by atoms with Gasteiger partial charge >= 0.3 is 6.36 Å². The molecule has 1 N–H and O–H groups in total. The molecule has 0 saturated carbocycles. The molecule has 0 bridgehead atoms. The first kappa shape index (κ1) is 15.5. The molecule has 3 nitrogen and oxygen atoms in total. The fourth-order valence-electron chi connectivity index (χ4n) is 1.58. The minimum absolute atomic E-state index is 0.214. The Kier molecular flexibility index (Phi) is 5.35. The van der Waals surface area contributed by atoms with Gasteiger partial charge in [-0.1, -0.05) is 26.0 Å². The molecule has 19 heavy (non-hydrogen) atoms. The van der Waals surface area contributed by atoms with E-state index in [4.69, 9.17) is 0 Å². The van der Waals surface area contributed by atoms with Crippen LogP contribution in [0.5, 0.6) is 5.75 Å². The molecule has 0 radical (unpaired) electrons. The van der Waals surface area contributed by atoms with E-state index >= 15 is 0 Å². The molecule has 6 heteroatoms. The fourth-order valence-corrected chi connectivity index (χ4v) is 1.58. The van der Waals surface area contributed by atoms with Crippen LogP contribution in [0.2, 0.25) is 0 Å². The smallest absolute Gasteiger partial charge is 0.406 e. The predicted octanol–water partition coefficient (Wildman–Crippen LogP) is 3.01. The maximum absolute atomic E-state index is 12.1. The first-order chi connectivity index (χ1) is 8.83. The summed E-state index contributed by atoms with van der Waals surface area (Å²) in [6, 6.07) is 5.12. The molecule has 0 fully saturated rings. The summed E-state index contributed by atoms with van der Waals surface area (Å²) in [5, 5.41) is 3.02. The van der Waals surface area contributed by atoms with Gasteiger partial charge in [-0.05, 0) is 18.7 Å². The number of hydrogen-bond acceptors (Lipinski definition) is 3. The highest BCUT2D eigenvalue weighted by atomic mass is 19.4. The van der Waals surface area contributed by atoms with Crippen LogP contribution in [0.1, 0.15) is 24.2 Å². The monoisotopic (exact) mass is 275 g/mol. The van der Waals surface area contributed by atoms with Crippen molar-refractivity contribution in [2.24, 2.45) is 5.92 Å². The molecular weight excluding hydrogens is 259 g/mol. The quantitative estimate of drug-likeness (QED) is 0.811. The number of ketones is 1. The summed E-state index contributed by atoms with van der Waals surface area (Å²) >= 11 is 0. The number of alkyl halides is 3. The average Bonchev–Trinajstić information content (AvgIpc) is 2.33. The molecular formula is C13H16F3NO2. The van der Waals surface area contributed by atoms with Gasteiger partial charge in [-0.3, -0.25) is 4.79 Å². The Hall–Kier alpha value is -1.56. The Labute approximate surface area is 109 Å². The van der Waals surface area contributed by atoms with Gasteiger partial charge in [-0.15, -0.1) is 13.2 Å². The van der Waals surface area contributed by atoms with E-state index in [0.29, 0.717) is 6.54 Å². The summed E-state index contributed by atoms with van der Waals surface area (Å²) in [5.74, 6) is -0.899. The summed E-state index contributed by atoms with van der Waals surface area (Å²) in [5.41, 5.74) is 0.215. The third kappa shape index (κ3) is 5.30. The van der Waals surface area contributed by atoms with Crippen molar-refractivity contribution in [1.29, 1.82) is 0 Å². The number of halogens is 3. The van der Waals surface area contributed by atoms with Gasteiger partial charge in [0.2, 0.25) is 0 Å². The van der Waals surface area contributed by atoms with Gasteiger partial charge in [-0.25, -0.2) is 0 Å². The second kappa shape index (κ2) is 6.56. The van der Waals surface area contributed by atoms with Crippen LogP contribution in [0, 0.1) is 5.92 Å². The Morgan fingerprint density at radius 2 is 2.11 bits per heavy atom. The summed E-state index contributed by atoms with van der Waals surface area (Å²) < 4.78 is 40.0. The lowest BCUT2D eigenvalue weighted by Gasteiger charge is -2.13. The van der Waals surface area contributed by atoms with Crippen molar-refractivity contribution in [3.63, 3.8) is 0 Å². The molecule has 1 atom stereocenters. The largest absolute Gasteiger partial charge is 0.573 e. The van der Waals surface area contributed by atoms with E-state index in [1.807, 2.05) is 6.92 Å². The predicted molar refractivity (Wildman–Crippen MR) is 65.2 cm³/mol. The van der Waals surface area contributed by atoms with Crippen LogP contribution >= 0.6 is 0 Å². The first-order valence-corrected chi connectivity index (χ1v) is 5.94. The summed E-state index contributed by atoms with van der Waals surface area (Å²) in [4.78, 5) is 12.0. The summed E-state index contributed by atoms with van der Waals surface area (Å²) in [7, 11) is 0. The number of nitrogens with one attached hydrogen (secondary N) is 1. The van der Waals surface area contributed by atoms with Gasteiger partial charge in [0.25, 0.3) is 0 Å². The third-order valence-electron chi connectivity index (χ3n) is 2.50. The summed E-state index contributed by atoms with van der Waals surface area (Å²) in [6.45, 7) is 4.85. The number of hydrogen-bond donors (Lipinski definition) is 1. The maximum atomic E-state index is 12.1. The van der Waals surface area contributed by atoms with Gasteiger partial charge in [0.05, 0.1) is 0 Å². The van der Waals surface area contributed by atoms with Crippen LogP contribution in [0.3, 0.4) is 0 Å². The number of Topliss-reactive ketones (excluding diaryl/α,β-unsaturated/α-hetero) is 1. The molecule has 0 heterocycles. The molecule has 1 unspecified atom stereocenters. The molecule has 1 rings (SSSR count). The van der Waals surface area contributed by atoms with E-state index in [9.17, 15) is 18.0 Å². The lowest BCUT2D eigenvalue weighted by atomic mass is 9.99. The number of carbonyl (C=O) groups excluding carboxylic acids is 1. The van der Waals surface area contributed by atoms with Crippen LogP contribution in [0.25, 0.3) is 0 Å². The van der Waals surface area contributed by atoms with E-state index < -0.39 is 6.36 Å². The topological polar surface area (TPSA) is 38.3 Å². The van der Waals surface area contributed by atoms with Crippen molar-refractivity contribution in [2.75, 3.05) is 13.1 Å². The molecule has 0 aliphatic heterocycles. The summed E-state index contributed by atoms with van der Waals surface area (Å²) in [6.07, 6.45) is -4.75. The standard InChI is InChI=1S/C13H16F3NO2/c1-3-17-8-9(2)12(18)10-5-4-6-11(7-10)19-13(14,15)16/h4-7,9,17H,3,8H2,1-2H3. The molecule has 0 aliphatic carbocycles. The van der Waals surface area contributed by atoms with Gasteiger partial charge < -0.3 is 10.1 Å². The van der Waals surface area contributed by atoms with Crippen LogP contribution in [-0.2, 0) is 0 Å². The van der Waals surface area contributed by atoms with Crippen LogP contribution in [0.15, 0.2) is 24.3 Å². The SMILES string of the molecule is CCNCC(C)C(=O)c1cccc(OC(F)(F)F)c1. The number of ether oxygens (including phenoxy) is 1. The maximum Gasteiger partial charge on any atom is 0.573 e. The van der Waals surface area contributed by atoms with Gasteiger partial charge in [0.15, 0.2) is 5.78 Å². The molecule has 0 aliphatic rings. The molecule has 0 amide bonds. The third-order valence-corrected chi connectivity index (χ3v) is 2.50. The number of carbonyl (C=O) groups is 1. The lowest BCUT2D eigenvalue weighted by Crippen LogP contribution is -2.26. The van der Waals surface area contributed by atoms with Crippen LogP contribution in [0.4, 0.5) is 13.2 Å². The van der Waals surface area contributed by atoms with Gasteiger partial charge in [0.1, 0.15) is 5.75 Å². The van der Waals surface area contributed by atoms with E-state index in [1.165, 1.54) is 18.2 Å². The highest BCUT2D eigenvalue weighted by Gasteiger charge is 2.31. The van der Waals surface area contributed by atoms with E-state index in [-0.39, 0.29) is 23.0 Å². The molecule has 1 aromatic carbocycles. The highest BCUT2D eigenvalue weighted by Crippen LogP contribution is 2.24. The zero-order valence-corrected chi connectivity index (χ0v) is 10.8. The molecule has 1 aromatic rings. The Morgan fingerprint density at radius 3 is 2.68 bits per heavy atom. The van der Waals surface area contributed by atoms with Crippen molar-refractivity contribution < 1.29 is 22.7 Å². The minimum Gasteiger partial charge on any atom is -0.406 e. The van der Waals surface area contributed by atoms with E-state index in [1.54, 1.807) is 6.92 Å². The Balaban J connectivity index is 2.78. The van der Waals surface area contributed by atoms with E-state index in [2.05, 4.69) is 10.1 Å². The zero-order chi connectivity index (χ0) is 14.5. The normalized spacial score (nSPS) is 13.1. The van der Waals surface area contributed by atoms with E-state index in [0.717, 1.165) is 12.6 Å². The zero-order valence-electron chi connectivity index (χ0n) is 10.8. The molecule has 0 saturated heterocycles. The van der Waals surface area contributed by atoms with Gasteiger partial charge in [-0.2, -0.15) is 0 Å². The fraction of sp³-hybridized carbons (Fsp3) is 0.462. The van der Waals surface area contributed by atoms with Crippen molar-refractivity contribution in [3.05, 3.63) is 29.8 Å². The Bertz CT molecular complexity index is 432. The lowest BCUT2D eigenvalue weighted by molar-refractivity contribution is -0.274. The van der Waals surface area contributed by atoms with Crippen molar-refractivity contribution in [3.8, 4) is 5.75 Å². The van der Waals surface area contributed by atoms with Gasteiger partial charge in [0, 0.05) is 18.0 Å². The molecule has 106 valence electrons. The number of benzene rings is 1.